The van der Waals surface area contributed by atoms with Crippen molar-refractivity contribution in [2.45, 2.75) is 32.0 Å². The molecule has 0 spiro atoms. The molecule has 0 aliphatic heterocycles. The fourth-order valence-corrected chi connectivity index (χ4v) is 3.30. The molecule has 1 radical (unpaired) electrons. The largest absolute Gasteiger partial charge is 0.351 e. The summed E-state index contributed by atoms with van der Waals surface area (Å²) >= 11 is 0. The SMILES string of the molecule is CCC(CC)(N([C]=O)c1ccccc1)P(=O)(O)O. The average Bonchev–Trinajstić information content (AvgIpc) is 2.35. The van der Waals surface area contributed by atoms with Crippen molar-refractivity contribution in [1.82, 2.24) is 0 Å². The number of para-hydroxylation sites is 1. The molecule has 0 aliphatic rings. The Morgan fingerprint density at radius 3 is 2.06 bits per heavy atom. The van der Waals surface area contributed by atoms with E-state index in [1.54, 1.807) is 50.6 Å². The maximum Gasteiger partial charge on any atom is 0.351 e. The van der Waals surface area contributed by atoms with Crippen molar-refractivity contribution in [3.05, 3.63) is 30.3 Å². The molecule has 0 saturated carbocycles. The lowest BCUT2D eigenvalue weighted by Crippen LogP contribution is -2.47. The standard InChI is InChI=1S/C12H17NO4P/c1-3-12(4-2,18(15,16)17)13(10-14)11-8-6-5-7-9-11/h5-9H,3-4H2,1-2H3,(H2,15,16,17). The lowest BCUT2D eigenvalue weighted by molar-refractivity contribution is 0.315. The first-order valence-electron chi connectivity index (χ1n) is 5.71. The van der Waals surface area contributed by atoms with Crippen LogP contribution < -0.4 is 4.90 Å². The molecule has 2 N–H and O–H groups in total. The van der Waals surface area contributed by atoms with Crippen LogP contribution in [-0.4, -0.2) is 21.5 Å². The highest BCUT2D eigenvalue weighted by Crippen LogP contribution is 2.56. The van der Waals surface area contributed by atoms with Gasteiger partial charge in [0.15, 0.2) is 0 Å². The molecule has 1 amide bonds. The summed E-state index contributed by atoms with van der Waals surface area (Å²) in [7, 11) is -4.48. The van der Waals surface area contributed by atoms with Gasteiger partial charge in [-0.25, -0.2) is 0 Å². The molecule has 0 unspecified atom stereocenters. The molecule has 5 nitrogen and oxygen atoms in total. The Morgan fingerprint density at radius 1 is 1.22 bits per heavy atom. The van der Waals surface area contributed by atoms with Crippen molar-refractivity contribution in [1.29, 1.82) is 0 Å². The number of benzene rings is 1. The van der Waals surface area contributed by atoms with Gasteiger partial charge in [-0.05, 0) is 25.0 Å². The fourth-order valence-electron chi connectivity index (χ4n) is 2.06. The third-order valence-corrected chi connectivity index (χ3v) is 5.11. The summed E-state index contributed by atoms with van der Waals surface area (Å²) in [5, 5.41) is -1.53. The maximum absolute atomic E-state index is 11.8. The summed E-state index contributed by atoms with van der Waals surface area (Å²) in [6.07, 6.45) is 1.96. The minimum absolute atomic E-state index is 0.151. The number of carbonyl (C=O) groups excluding carboxylic acids is 1. The van der Waals surface area contributed by atoms with Gasteiger partial charge in [0.1, 0.15) is 5.28 Å². The zero-order valence-electron chi connectivity index (χ0n) is 10.4. The number of rotatable bonds is 6. The molecule has 18 heavy (non-hydrogen) atoms. The van der Waals surface area contributed by atoms with E-state index in [9.17, 15) is 19.1 Å². The average molecular weight is 270 g/mol. The quantitative estimate of drug-likeness (QED) is 0.614. The lowest BCUT2D eigenvalue weighted by Gasteiger charge is -2.40. The molecule has 1 aromatic rings. The van der Waals surface area contributed by atoms with Crippen molar-refractivity contribution >= 4 is 19.7 Å². The lowest BCUT2D eigenvalue weighted by atomic mass is 10.1. The molecule has 0 atom stereocenters. The van der Waals surface area contributed by atoms with E-state index in [4.69, 9.17) is 0 Å². The molecule has 99 valence electrons. The molecule has 0 aliphatic carbocycles. The van der Waals surface area contributed by atoms with Gasteiger partial charge in [-0.2, -0.15) is 0 Å². The van der Waals surface area contributed by atoms with Gasteiger partial charge in [0, 0.05) is 5.69 Å². The van der Waals surface area contributed by atoms with Crippen LogP contribution in [0, 0.1) is 0 Å². The number of anilines is 1. The molecule has 0 fully saturated rings. The van der Waals surface area contributed by atoms with E-state index >= 15 is 0 Å². The minimum Gasteiger partial charge on any atom is -0.323 e. The van der Waals surface area contributed by atoms with Gasteiger partial charge in [-0.15, -0.1) is 0 Å². The Kier molecular flexibility index (Phi) is 4.68. The van der Waals surface area contributed by atoms with Crippen LogP contribution in [0.15, 0.2) is 30.3 Å². The first-order chi connectivity index (χ1) is 8.43. The topological polar surface area (TPSA) is 77.8 Å². The molecule has 1 rings (SSSR count). The van der Waals surface area contributed by atoms with Crippen molar-refractivity contribution < 1.29 is 19.1 Å². The van der Waals surface area contributed by atoms with E-state index in [-0.39, 0.29) is 12.8 Å². The van der Waals surface area contributed by atoms with Gasteiger partial charge in [0.25, 0.3) is 0 Å². The summed E-state index contributed by atoms with van der Waals surface area (Å²) in [5.41, 5.74) is 0.430. The second kappa shape index (κ2) is 5.65. The molecule has 0 heterocycles. The third kappa shape index (κ3) is 2.48. The van der Waals surface area contributed by atoms with Crippen LogP contribution in [0.25, 0.3) is 0 Å². The second-order valence-electron chi connectivity index (χ2n) is 4.00. The summed E-state index contributed by atoms with van der Waals surface area (Å²) in [5.74, 6) is 0. The van der Waals surface area contributed by atoms with Crippen molar-refractivity contribution in [2.24, 2.45) is 0 Å². The summed E-state index contributed by atoms with van der Waals surface area (Å²) in [6, 6.07) is 8.43. The van der Waals surface area contributed by atoms with E-state index in [0.717, 1.165) is 4.90 Å². The zero-order chi connectivity index (χ0) is 13.8. The number of hydrogen-bond acceptors (Lipinski definition) is 2. The van der Waals surface area contributed by atoms with Crippen LogP contribution in [0.4, 0.5) is 5.69 Å². The van der Waals surface area contributed by atoms with Crippen LogP contribution in [0.1, 0.15) is 26.7 Å². The Hall–Kier alpha value is -1.16. The molecular weight excluding hydrogens is 253 g/mol. The monoisotopic (exact) mass is 270 g/mol. The summed E-state index contributed by atoms with van der Waals surface area (Å²) in [4.78, 5) is 31.4. The molecule has 6 heteroatoms. The van der Waals surface area contributed by atoms with Gasteiger partial charge in [-0.1, -0.05) is 32.0 Å². The van der Waals surface area contributed by atoms with E-state index in [2.05, 4.69) is 0 Å². The van der Waals surface area contributed by atoms with Gasteiger partial charge in [0.05, 0.1) is 0 Å². The van der Waals surface area contributed by atoms with E-state index in [0.29, 0.717) is 5.69 Å². The zero-order valence-corrected chi connectivity index (χ0v) is 11.3. The van der Waals surface area contributed by atoms with Crippen LogP contribution in [0.5, 0.6) is 0 Å². The van der Waals surface area contributed by atoms with Crippen LogP contribution in [-0.2, 0) is 9.36 Å². The Labute approximate surface area is 107 Å². The van der Waals surface area contributed by atoms with Crippen molar-refractivity contribution in [3.8, 4) is 0 Å². The minimum atomic E-state index is -4.48. The molecule has 0 saturated heterocycles. The van der Waals surface area contributed by atoms with Gasteiger partial charge in [0.2, 0.25) is 0 Å². The van der Waals surface area contributed by atoms with E-state index < -0.39 is 12.9 Å². The predicted molar refractivity (Wildman–Crippen MR) is 70.0 cm³/mol. The van der Waals surface area contributed by atoms with Crippen LogP contribution >= 0.6 is 7.60 Å². The maximum atomic E-state index is 11.8. The smallest absolute Gasteiger partial charge is 0.323 e. The predicted octanol–water partition coefficient (Wildman–Crippen LogP) is 2.25. The Morgan fingerprint density at radius 2 is 1.72 bits per heavy atom. The first kappa shape index (κ1) is 14.9. The molecule has 0 aromatic heterocycles. The highest BCUT2D eigenvalue weighted by atomic mass is 31.2. The van der Waals surface area contributed by atoms with Crippen molar-refractivity contribution in [2.75, 3.05) is 4.90 Å². The highest BCUT2D eigenvalue weighted by Gasteiger charge is 2.49. The van der Waals surface area contributed by atoms with Crippen LogP contribution in [0.2, 0.25) is 0 Å². The van der Waals surface area contributed by atoms with Crippen molar-refractivity contribution in [3.63, 3.8) is 0 Å². The second-order valence-corrected chi connectivity index (χ2v) is 5.92. The molecule has 1 aromatic carbocycles. The van der Waals surface area contributed by atoms with E-state index in [1.807, 2.05) is 0 Å². The summed E-state index contributed by atoms with van der Waals surface area (Å²) in [6.45, 7) is 3.30. The van der Waals surface area contributed by atoms with Gasteiger partial charge >= 0.3 is 14.0 Å². The Balaban J connectivity index is 3.36. The third-order valence-electron chi connectivity index (χ3n) is 3.20. The van der Waals surface area contributed by atoms with Gasteiger partial charge in [-0.3, -0.25) is 14.3 Å². The fraction of sp³-hybridized carbons (Fsp3) is 0.417. The summed E-state index contributed by atoms with van der Waals surface area (Å²) < 4.78 is 11.8. The van der Waals surface area contributed by atoms with Gasteiger partial charge < -0.3 is 9.79 Å². The van der Waals surface area contributed by atoms with Crippen LogP contribution in [0.3, 0.4) is 0 Å². The number of amides is 1. The number of nitrogens with zero attached hydrogens (tertiary/aromatic N) is 1. The molecular formula is C12H17NO4P. The number of hydrogen-bond donors (Lipinski definition) is 2. The van der Waals surface area contributed by atoms with E-state index in [1.165, 1.54) is 0 Å². The Bertz CT molecular complexity index is 439. The highest BCUT2D eigenvalue weighted by molar-refractivity contribution is 7.53. The first-order valence-corrected chi connectivity index (χ1v) is 7.33. The molecule has 0 bridgehead atoms. The normalized spacial score (nSPS) is 12.2.